The van der Waals surface area contributed by atoms with Crippen LogP contribution in [-0.2, 0) is 4.74 Å². The molecule has 3 nitrogen and oxygen atoms in total. The monoisotopic (exact) mass is 254 g/mol. The van der Waals surface area contributed by atoms with E-state index in [2.05, 4.69) is 39.5 Å². The van der Waals surface area contributed by atoms with Crippen LogP contribution >= 0.6 is 0 Å². The maximum atomic E-state index is 6.22. The van der Waals surface area contributed by atoms with Gasteiger partial charge in [0.15, 0.2) is 0 Å². The van der Waals surface area contributed by atoms with Crippen molar-refractivity contribution in [2.45, 2.75) is 64.7 Å². The van der Waals surface area contributed by atoms with E-state index in [0.29, 0.717) is 12.0 Å². The zero-order valence-corrected chi connectivity index (χ0v) is 12.7. The third-order valence-corrected chi connectivity index (χ3v) is 4.92. The van der Waals surface area contributed by atoms with E-state index in [1.165, 1.54) is 13.0 Å². The highest BCUT2D eigenvalue weighted by molar-refractivity contribution is 5.01. The molecule has 2 saturated heterocycles. The van der Waals surface area contributed by atoms with Crippen LogP contribution in [0.4, 0.5) is 0 Å². The Hall–Kier alpha value is -0.120. The first-order valence-corrected chi connectivity index (χ1v) is 7.39. The van der Waals surface area contributed by atoms with Gasteiger partial charge >= 0.3 is 0 Å². The lowest BCUT2D eigenvalue weighted by Gasteiger charge is -2.43. The molecule has 0 aromatic rings. The highest BCUT2D eigenvalue weighted by Gasteiger charge is 2.49. The van der Waals surface area contributed by atoms with Gasteiger partial charge in [-0.2, -0.15) is 0 Å². The molecule has 2 fully saturated rings. The molecule has 2 heterocycles. The van der Waals surface area contributed by atoms with Crippen molar-refractivity contribution in [2.24, 2.45) is 17.6 Å². The van der Waals surface area contributed by atoms with E-state index in [9.17, 15) is 0 Å². The van der Waals surface area contributed by atoms with Gasteiger partial charge in [-0.1, -0.05) is 6.92 Å². The molecule has 2 rings (SSSR count). The lowest BCUT2D eigenvalue weighted by Crippen LogP contribution is -2.53. The number of hydrogen-bond donors (Lipinski definition) is 1. The number of nitrogens with zero attached hydrogens (tertiary/aromatic N) is 1. The smallest absolute Gasteiger partial charge is 0.0789 e. The summed E-state index contributed by atoms with van der Waals surface area (Å²) < 4.78 is 6.22. The van der Waals surface area contributed by atoms with E-state index < -0.39 is 0 Å². The summed E-state index contributed by atoms with van der Waals surface area (Å²) in [6.07, 6.45) is 2.40. The molecule has 0 spiro atoms. The van der Waals surface area contributed by atoms with Gasteiger partial charge < -0.3 is 10.5 Å². The average molecular weight is 254 g/mol. The van der Waals surface area contributed by atoms with Gasteiger partial charge in [-0.05, 0) is 65.5 Å². The number of likely N-dealkylation sites (tertiary alicyclic amines) is 1. The molecule has 0 bridgehead atoms. The van der Waals surface area contributed by atoms with E-state index in [4.69, 9.17) is 10.5 Å². The van der Waals surface area contributed by atoms with Crippen LogP contribution in [0.2, 0.25) is 0 Å². The number of hydrogen-bond acceptors (Lipinski definition) is 3. The topological polar surface area (TPSA) is 38.5 Å². The Labute approximate surface area is 112 Å². The molecule has 3 heteroatoms. The second kappa shape index (κ2) is 4.77. The number of nitrogens with two attached hydrogens (primary N) is 1. The van der Waals surface area contributed by atoms with Crippen molar-refractivity contribution in [2.75, 3.05) is 19.6 Å². The fraction of sp³-hybridized carbons (Fsp3) is 1.00. The Morgan fingerprint density at radius 2 is 1.94 bits per heavy atom. The second-order valence-electron chi connectivity index (χ2n) is 7.44. The fourth-order valence-corrected chi connectivity index (χ4v) is 3.87. The van der Waals surface area contributed by atoms with Crippen LogP contribution in [0.25, 0.3) is 0 Å². The van der Waals surface area contributed by atoms with E-state index in [0.717, 1.165) is 25.4 Å². The molecule has 3 unspecified atom stereocenters. The van der Waals surface area contributed by atoms with Gasteiger partial charge in [-0.15, -0.1) is 0 Å². The number of piperidine rings is 1. The summed E-state index contributed by atoms with van der Waals surface area (Å²) in [5.74, 6) is 1.42. The summed E-state index contributed by atoms with van der Waals surface area (Å²) >= 11 is 0. The fourth-order valence-electron chi connectivity index (χ4n) is 3.87. The first-order chi connectivity index (χ1) is 8.25. The minimum absolute atomic E-state index is 0.00937. The average Bonchev–Trinajstić information content (AvgIpc) is 2.47. The summed E-state index contributed by atoms with van der Waals surface area (Å²) in [6.45, 7) is 14.4. The highest BCUT2D eigenvalue weighted by Crippen LogP contribution is 2.41. The maximum absolute atomic E-state index is 6.22. The first kappa shape index (κ1) is 14.3. The predicted molar refractivity (Wildman–Crippen MR) is 75.5 cm³/mol. The molecule has 2 N–H and O–H groups in total. The van der Waals surface area contributed by atoms with Gasteiger partial charge in [0.05, 0.1) is 11.2 Å². The quantitative estimate of drug-likeness (QED) is 0.821. The molecule has 0 aliphatic carbocycles. The third kappa shape index (κ3) is 2.73. The minimum atomic E-state index is -0.0385. The van der Waals surface area contributed by atoms with Crippen LogP contribution in [0.1, 0.15) is 47.5 Å². The second-order valence-corrected chi connectivity index (χ2v) is 7.44. The van der Waals surface area contributed by atoms with Gasteiger partial charge in [0.2, 0.25) is 0 Å². The molecule has 2 aliphatic rings. The first-order valence-electron chi connectivity index (χ1n) is 7.39. The SMILES string of the molecule is CC1CCN(C2CC(C)(C)OC2(C)C)CC1CN. The zero-order valence-electron chi connectivity index (χ0n) is 12.7. The third-order valence-electron chi connectivity index (χ3n) is 4.92. The molecule has 106 valence electrons. The van der Waals surface area contributed by atoms with Crippen LogP contribution in [0.5, 0.6) is 0 Å². The van der Waals surface area contributed by atoms with Crippen LogP contribution in [0.3, 0.4) is 0 Å². The minimum Gasteiger partial charge on any atom is -0.368 e. The van der Waals surface area contributed by atoms with Crippen molar-refractivity contribution >= 4 is 0 Å². The molecule has 3 atom stereocenters. The zero-order chi connectivity index (χ0) is 13.6. The van der Waals surface area contributed by atoms with Crippen molar-refractivity contribution in [1.29, 1.82) is 0 Å². The van der Waals surface area contributed by atoms with Crippen LogP contribution in [0, 0.1) is 11.8 Å². The van der Waals surface area contributed by atoms with E-state index in [1.807, 2.05) is 0 Å². The lowest BCUT2D eigenvalue weighted by atomic mass is 9.84. The van der Waals surface area contributed by atoms with Gasteiger partial charge in [0, 0.05) is 12.6 Å². The predicted octanol–water partition coefficient (Wildman–Crippen LogP) is 2.25. The van der Waals surface area contributed by atoms with Crippen LogP contribution in [-0.4, -0.2) is 41.8 Å². The molecule has 0 aromatic heterocycles. The van der Waals surface area contributed by atoms with Gasteiger partial charge in [0.1, 0.15) is 0 Å². The number of ether oxygens (including phenoxy) is 1. The molecular formula is C15H30N2O. The van der Waals surface area contributed by atoms with E-state index >= 15 is 0 Å². The Balaban J connectivity index is 2.08. The summed E-state index contributed by atoms with van der Waals surface area (Å²) in [6, 6.07) is 0.536. The molecule has 18 heavy (non-hydrogen) atoms. The molecule has 2 aliphatic heterocycles. The summed E-state index contributed by atoms with van der Waals surface area (Å²) in [5, 5.41) is 0. The Kier molecular flexibility index (Phi) is 3.79. The normalized spacial score (nSPS) is 40.0. The van der Waals surface area contributed by atoms with Crippen molar-refractivity contribution in [1.82, 2.24) is 4.90 Å². The van der Waals surface area contributed by atoms with Gasteiger partial charge in [-0.25, -0.2) is 0 Å². The van der Waals surface area contributed by atoms with Crippen molar-refractivity contribution < 1.29 is 4.74 Å². The van der Waals surface area contributed by atoms with E-state index in [1.54, 1.807) is 0 Å². The number of rotatable bonds is 2. The van der Waals surface area contributed by atoms with Crippen LogP contribution < -0.4 is 5.73 Å². The van der Waals surface area contributed by atoms with Crippen LogP contribution in [0.15, 0.2) is 0 Å². The maximum Gasteiger partial charge on any atom is 0.0789 e. The molecule has 0 amide bonds. The molecule has 0 aromatic carbocycles. The van der Waals surface area contributed by atoms with Crippen molar-refractivity contribution in [3.05, 3.63) is 0 Å². The molecule has 0 saturated carbocycles. The van der Waals surface area contributed by atoms with Crippen molar-refractivity contribution in [3.8, 4) is 0 Å². The largest absolute Gasteiger partial charge is 0.368 e. The summed E-state index contributed by atoms with van der Waals surface area (Å²) in [7, 11) is 0. The highest BCUT2D eigenvalue weighted by atomic mass is 16.5. The molecular weight excluding hydrogens is 224 g/mol. The van der Waals surface area contributed by atoms with Gasteiger partial charge in [-0.3, -0.25) is 4.90 Å². The Morgan fingerprint density at radius 1 is 1.28 bits per heavy atom. The molecule has 0 radical (unpaired) electrons. The van der Waals surface area contributed by atoms with E-state index in [-0.39, 0.29) is 11.2 Å². The van der Waals surface area contributed by atoms with Crippen molar-refractivity contribution in [3.63, 3.8) is 0 Å². The standard InChI is InChI=1S/C15H30N2O/c1-11-6-7-17(10-12(11)9-16)13-8-14(2,3)18-15(13,4)5/h11-13H,6-10,16H2,1-5H3. The summed E-state index contributed by atoms with van der Waals surface area (Å²) in [4.78, 5) is 2.63. The Morgan fingerprint density at radius 3 is 2.44 bits per heavy atom. The van der Waals surface area contributed by atoms with Gasteiger partial charge in [0.25, 0.3) is 0 Å². The summed E-state index contributed by atoms with van der Waals surface area (Å²) in [5.41, 5.74) is 5.89. The Bertz CT molecular complexity index is 301. The lowest BCUT2D eigenvalue weighted by molar-refractivity contribution is -0.0847.